The van der Waals surface area contributed by atoms with Crippen LogP contribution in [-0.4, -0.2) is 6.79 Å². The molecule has 0 atom stereocenters. The summed E-state index contributed by atoms with van der Waals surface area (Å²) in [5, 5.41) is 4.39. The topological polar surface area (TPSA) is 30.5 Å². The minimum Gasteiger partial charge on any atom is -0.454 e. The van der Waals surface area contributed by atoms with Crippen molar-refractivity contribution in [2.45, 2.75) is 0 Å². The zero-order chi connectivity index (χ0) is 12.5. The van der Waals surface area contributed by atoms with Crippen molar-refractivity contribution in [2.24, 2.45) is 0 Å². The molecule has 0 radical (unpaired) electrons. The smallest absolute Gasteiger partial charge is 0.231 e. The van der Waals surface area contributed by atoms with Crippen LogP contribution in [-0.2, 0) is 0 Å². The maximum atomic E-state index is 5.94. The van der Waals surface area contributed by atoms with Gasteiger partial charge < -0.3 is 14.8 Å². The summed E-state index contributed by atoms with van der Waals surface area (Å²) >= 11 is 11.9. The molecule has 0 saturated carbocycles. The van der Waals surface area contributed by atoms with E-state index < -0.39 is 0 Å². The van der Waals surface area contributed by atoms with Crippen molar-refractivity contribution < 1.29 is 9.47 Å². The lowest BCUT2D eigenvalue weighted by atomic mass is 10.2. The van der Waals surface area contributed by atoms with Gasteiger partial charge in [-0.25, -0.2) is 0 Å². The number of benzene rings is 2. The highest BCUT2D eigenvalue weighted by atomic mass is 35.5. The fourth-order valence-electron chi connectivity index (χ4n) is 1.77. The molecule has 92 valence electrons. The Morgan fingerprint density at radius 3 is 2.33 bits per heavy atom. The molecule has 1 aliphatic rings. The van der Waals surface area contributed by atoms with Crippen LogP contribution < -0.4 is 14.8 Å². The van der Waals surface area contributed by atoms with Gasteiger partial charge in [0.25, 0.3) is 0 Å². The Hall–Kier alpha value is -1.58. The number of ether oxygens (including phenoxy) is 2. The van der Waals surface area contributed by atoms with E-state index in [0.29, 0.717) is 10.0 Å². The van der Waals surface area contributed by atoms with E-state index in [0.717, 1.165) is 22.9 Å². The second kappa shape index (κ2) is 4.59. The van der Waals surface area contributed by atoms with Gasteiger partial charge in [-0.1, -0.05) is 23.2 Å². The van der Waals surface area contributed by atoms with E-state index in [1.165, 1.54) is 0 Å². The summed E-state index contributed by atoms with van der Waals surface area (Å²) in [5.74, 6) is 1.48. The number of anilines is 2. The number of hydrogen-bond acceptors (Lipinski definition) is 3. The van der Waals surface area contributed by atoms with Crippen molar-refractivity contribution in [3.8, 4) is 11.5 Å². The van der Waals surface area contributed by atoms with Crippen LogP contribution in [0.15, 0.2) is 36.4 Å². The number of fused-ring (bicyclic) bond motifs is 1. The van der Waals surface area contributed by atoms with Gasteiger partial charge >= 0.3 is 0 Å². The quantitative estimate of drug-likeness (QED) is 0.881. The molecule has 2 aromatic carbocycles. The molecule has 0 aliphatic carbocycles. The van der Waals surface area contributed by atoms with E-state index in [-0.39, 0.29) is 6.79 Å². The predicted octanol–water partition coefficient (Wildman–Crippen LogP) is 4.47. The third-order valence-electron chi connectivity index (χ3n) is 2.52. The Morgan fingerprint density at radius 2 is 1.56 bits per heavy atom. The van der Waals surface area contributed by atoms with Crippen molar-refractivity contribution in [3.63, 3.8) is 0 Å². The molecule has 18 heavy (non-hydrogen) atoms. The number of hydrogen-bond donors (Lipinski definition) is 1. The molecule has 0 spiro atoms. The van der Waals surface area contributed by atoms with Gasteiger partial charge in [-0.2, -0.15) is 0 Å². The largest absolute Gasteiger partial charge is 0.454 e. The minimum absolute atomic E-state index is 0.266. The summed E-state index contributed by atoms with van der Waals surface area (Å²) in [5.41, 5.74) is 1.71. The normalized spacial score (nSPS) is 12.6. The lowest BCUT2D eigenvalue weighted by Gasteiger charge is -2.08. The molecule has 2 aromatic rings. The SMILES string of the molecule is Clc1cc(Cl)cc(Nc2ccc3c(c2)OCO3)c1. The van der Waals surface area contributed by atoms with Gasteiger partial charge in [0.05, 0.1) is 0 Å². The van der Waals surface area contributed by atoms with E-state index in [1.807, 2.05) is 18.2 Å². The van der Waals surface area contributed by atoms with Crippen LogP contribution in [0.5, 0.6) is 11.5 Å². The summed E-state index contributed by atoms with van der Waals surface area (Å²) in [6, 6.07) is 10.9. The average molecular weight is 282 g/mol. The summed E-state index contributed by atoms with van der Waals surface area (Å²) < 4.78 is 10.6. The van der Waals surface area contributed by atoms with Crippen LogP contribution >= 0.6 is 23.2 Å². The Kier molecular flexibility index (Phi) is 2.94. The average Bonchev–Trinajstić information content (AvgIpc) is 2.74. The number of rotatable bonds is 2. The number of halogens is 2. The maximum Gasteiger partial charge on any atom is 0.231 e. The van der Waals surface area contributed by atoms with Crippen molar-refractivity contribution in [3.05, 3.63) is 46.4 Å². The second-order valence-corrected chi connectivity index (χ2v) is 4.72. The highest BCUT2D eigenvalue weighted by Gasteiger charge is 2.13. The lowest BCUT2D eigenvalue weighted by molar-refractivity contribution is 0.174. The molecule has 0 amide bonds. The Labute approximate surface area is 114 Å². The molecule has 1 N–H and O–H groups in total. The van der Waals surface area contributed by atoms with Crippen LogP contribution in [0, 0.1) is 0 Å². The third kappa shape index (κ3) is 2.33. The van der Waals surface area contributed by atoms with E-state index in [9.17, 15) is 0 Å². The lowest BCUT2D eigenvalue weighted by Crippen LogP contribution is -1.93. The minimum atomic E-state index is 0.266. The van der Waals surface area contributed by atoms with E-state index in [1.54, 1.807) is 18.2 Å². The monoisotopic (exact) mass is 281 g/mol. The van der Waals surface area contributed by atoms with Gasteiger partial charge in [0.15, 0.2) is 11.5 Å². The standard InChI is InChI=1S/C13H9Cl2NO2/c14-8-3-9(15)5-11(4-8)16-10-1-2-12-13(6-10)18-7-17-12/h1-6,16H,7H2. The van der Waals surface area contributed by atoms with Crippen LogP contribution in [0.4, 0.5) is 11.4 Å². The Balaban J connectivity index is 1.88. The molecular weight excluding hydrogens is 273 g/mol. The first-order chi connectivity index (χ1) is 8.70. The molecule has 0 aromatic heterocycles. The molecule has 0 fully saturated rings. The van der Waals surface area contributed by atoms with Crippen LogP contribution in [0.25, 0.3) is 0 Å². The van der Waals surface area contributed by atoms with E-state index in [2.05, 4.69) is 5.32 Å². The van der Waals surface area contributed by atoms with E-state index in [4.69, 9.17) is 32.7 Å². The Morgan fingerprint density at radius 1 is 0.833 bits per heavy atom. The van der Waals surface area contributed by atoms with Gasteiger partial charge in [-0.3, -0.25) is 0 Å². The Bertz CT molecular complexity index is 581. The first kappa shape index (κ1) is 11.5. The summed E-state index contributed by atoms with van der Waals surface area (Å²) in [6.07, 6.45) is 0. The summed E-state index contributed by atoms with van der Waals surface area (Å²) in [7, 11) is 0. The number of nitrogens with one attached hydrogen (secondary N) is 1. The van der Waals surface area contributed by atoms with Gasteiger partial charge in [-0.05, 0) is 30.3 Å². The molecule has 3 nitrogen and oxygen atoms in total. The first-order valence-electron chi connectivity index (χ1n) is 5.33. The molecular formula is C13H9Cl2NO2. The maximum absolute atomic E-state index is 5.94. The molecule has 1 aliphatic heterocycles. The fourth-order valence-corrected chi connectivity index (χ4v) is 2.29. The van der Waals surface area contributed by atoms with Crippen molar-refractivity contribution in [2.75, 3.05) is 12.1 Å². The summed E-state index contributed by atoms with van der Waals surface area (Å²) in [6.45, 7) is 0.266. The molecule has 1 heterocycles. The highest BCUT2D eigenvalue weighted by molar-refractivity contribution is 6.35. The highest BCUT2D eigenvalue weighted by Crippen LogP contribution is 2.35. The zero-order valence-corrected chi connectivity index (χ0v) is 10.8. The summed E-state index contributed by atoms with van der Waals surface area (Å²) in [4.78, 5) is 0. The van der Waals surface area contributed by atoms with E-state index >= 15 is 0 Å². The third-order valence-corrected chi connectivity index (χ3v) is 2.96. The van der Waals surface area contributed by atoms with Crippen molar-refractivity contribution in [1.82, 2.24) is 0 Å². The molecule has 3 rings (SSSR count). The molecule has 0 unspecified atom stereocenters. The van der Waals surface area contributed by atoms with Gasteiger partial charge in [0.2, 0.25) is 6.79 Å². The van der Waals surface area contributed by atoms with Gasteiger partial charge in [0, 0.05) is 27.5 Å². The van der Waals surface area contributed by atoms with Gasteiger partial charge in [0.1, 0.15) is 0 Å². The molecule has 0 bridgehead atoms. The second-order valence-electron chi connectivity index (χ2n) is 3.85. The predicted molar refractivity (Wildman–Crippen MR) is 72.3 cm³/mol. The molecule has 5 heteroatoms. The fraction of sp³-hybridized carbons (Fsp3) is 0.0769. The van der Waals surface area contributed by atoms with Crippen molar-refractivity contribution >= 4 is 34.6 Å². The molecule has 0 saturated heterocycles. The zero-order valence-electron chi connectivity index (χ0n) is 9.24. The van der Waals surface area contributed by atoms with Crippen LogP contribution in [0.1, 0.15) is 0 Å². The van der Waals surface area contributed by atoms with Crippen molar-refractivity contribution in [1.29, 1.82) is 0 Å². The van der Waals surface area contributed by atoms with Crippen LogP contribution in [0.3, 0.4) is 0 Å². The first-order valence-corrected chi connectivity index (χ1v) is 6.09. The van der Waals surface area contributed by atoms with Gasteiger partial charge in [-0.15, -0.1) is 0 Å². The van der Waals surface area contributed by atoms with Crippen LogP contribution in [0.2, 0.25) is 10.0 Å².